The Hall–Kier alpha value is -3.93. The van der Waals surface area contributed by atoms with E-state index in [-0.39, 0.29) is 11.3 Å². The molecule has 1 aliphatic heterocycles. The predicted octanol–water partition coefficient (Wildman–Crippen LogP) is 5.39. The molecule has 1 unspecified atom stereocenters. The number of nitrogens with zero attached hydrogens (tertiary/aromatic N) is 1. The molecule has 33 heavy (non-hydrogen) atoms. The van der Waals surface area contributed by atoms with Crippen LogP contribution in [0.3, 0.4) is 0 Å². The van der Waals surface area contributed by atoms with Gasteiger partial charge >= 0.3 is 0 Å². The van der Waals surface area contributed by atoms with E-state index in [2.05, 4.69) is 0 Å². The molecule has 6 heteroatoms. The zero-order valence-corrected chi connectivity index (χ0v) is 18.8. The number of ketones is 1. The molecule has 168 valence electrons. The lowest BCUT2D eigenvalue weighted by Gasteiger charge is -2.26. The summed E-state index contributed by atoms with van der Waals surface area (Å²) in [6.45, 7) is 5.72. The number of rotatable bonds is 4. The predicted molar refractivity (Wildman–Crippen MR) is 125 cm³/mol. The van der Waals surface area contributed by atoms with Crippen molar-refractivity contribution in [3.05, 3.63) is 99.9 Å². The highest BCUT2D eigenvalue weighted by molar-refractivity contribution is 6.51. The van der Waals surface area contributed by atoms with Crippen molar-refractivity contribution in [1.29, 1.82) is 0 Å². The van der Waals surface area contributed by atoms with Gasteiger partial charge in [0.05, 0.1) is 24.3 Å². The number of methoxy groups -OCH3 is 1. The van der Waals surface area contributed by atoms with Gasteiger partial charge in [0.1, 0.15) is 17.3 Å². The molecule has 0 spiro atoms. The van der Waals surface area contributed by atoms with Gasteiger partial charge in [0, 0.05) is 5.69 Å². The molecule has 0 saturated carbocycles. The Bertz CT molecular complexity index is 1290. The van der Waals surface area contributed by atoms with Crippen molar-refractivity contribution in [3.63, 3.8) is 0 Å². The average Bonchev–Trinajstić information content (AvgIpc) is 3.06. The molecule has 0 aromatic heterocycles. The number of carbonyl (C=O) groups is 2. The molecule has 5 nitrogen and oxygen atoms in total. The Morgan fingerprint density at radius 2 is 1.64 bits per heavy atom. The first-order valence-corrected chi connectivity index (χ1v) is 10.5. The van der Waals surface area contributed by atoms with Gasteiger partial charge in [0.15, 0.2) is 0 Å². The fraction of sp³-hybridized carbons (Fsp3) is 0.185. The number of aryl methyl sites for hydroxylation is 3. The number of carbonyl (C=O) groups excluding carboxylic acids is 2. The minimum atomic E-state index is -0.932. The van der Waals surface area contributed by atoms with E-state index in [1.165, 1.54) is 36.3 Å². The first-order chi connectivity index (χ1) is 15.7. The summed E-state index contributed by atoms with van der Waals surface area (Å²) in [5.74, 6) is -1.99. The number of benzene rings is 3. The standard InChI is InChI=1S/C27H24FNO4/c1-15-5-12-22(33-4)21(13-15)25(30)23-24(18-7-9-19(28)10-8-18)29(27(32)26(23)31)20-11-6-16(2)17(3)14-20/h5-14,24,30H,1-4H3/b25-23+. The van der Waals surface area contributed by atoms with Crippen molar-refractivity contribution in [3.8, 4) is 5.75 Å². The summed E-state index contributed by atoms with van der Waals surface area (Å²) in [6, 6.07) is 15.3. The quantitative estimate of drug-likeness (QED) is 0.332. The van der Waals surface area contributed by atoms with Gasteiger partial charge in [-0.05, 0) is 73.9 Å². The summed E-state index contributed by atoms with van der Waals surface area (Å²) in [5, 5.41) is 11.3. The van der Waals surface area contributed by atoms with Gasteiger partial charge in [-0.15, -0.1) is 0 Å². The van der Waals surface area contributed by atoms with Crippen molar-refractivity contribution in [2.45, 2.75) is 26.8 Å². The fourth-order valence-corrected chi connectivity index (χ4v) is 4.09. The first-order valence-electron chi connectivity index (χ1n) is 10.5. The molecule has 0 radical (unpaired) electrons. The molecule has 1 atom stereocenters. The SMILES string of the molecule is COc1ccc(C)cc1/C(O)=C1\C(=O)C(=O)N(c2ccc(C)c(C)c2)C1c1ccc(F)cc1. The van der Waals surface area contributed by atoms with E-state index < -0.39 is 23.5 Å². The average molecular weight is 445 g/mol. The van der Waals surface area contributed by atoms with Crippen LogP contribution in [0.5, 0.6) is 5.75 Å². The van der Waals surface area contributed by atoms with E-state index in [9.17, 15) is 19.1 Å². The van der Waals surface area contributed by atoms with E-state index in [1.807, 2.05) is 39.0 Å². The molecular weight excluding hydrogens is 421 g/mol. The number of hydrogen-bond acceptors (Lipinski definition) is 4. The molecule has 1 heterocycles. The van der Waals surface area contributed by atoms with E-state index in [4.69, 9.17) is 4.74 Å². The Balaban J connectivity index is 1.99. The van der Waals surface area contributed by atoms with Gasteiger partial charge in [-0.1, -0.05) is 29.8 Å². The summed E-state index contributed by atoms with van der Waals surface area (Å²) in [4.78, 5) is 27.9. The lowest BCUT2D eigenvalue weighted by Crippen LogP contribution is -2.29. The second-order valence-corrected chi connectivity index (χ2v) is 8.19. The second kappa shape index (κ2) is 8.54. The van der Waals surface area contributed by atoms with E-state index >= 15 is 0 Å². The third-order valence-electron chi connectivity index (χ3n) is 6.01. The maximum atomic E-state index is 13.7. The van der Waals surface area contributed by atoms with Crippen LogP contribution in [0.1, 0.15) is 33.9 Å². The minimum Gasteiger partial charge on any atom is -0.507 e. The van der Waals surface area contributed by atoms with Crippen LogP contribution < -0.4 is 9.64 Å². The first kappa shape index (κ1) is 22.3. The lowest BCUT2D eigenvalue weighted by molar-refractivity contribution is -0.132. The number of hydrogen-bond donors (Lipinski definition) is 1. The van der Waals surface area contributed by atoms with Gasteiger partial charge < -0.3 is 9.84 Å². The molecule has 1 saturated heterocycles. The van der Waals surface area contributed by atoms with Crippen molar-refractivity contribution < 1.29 is 23.8 Å². The summed E-state index contributed by atoms with van der Waals surface area (Å²) >= 11 is 0. The largest absolute Gasteiger partial charge is 0.507 e. The summed E-state index contributed by atoms with van der Waals surface area (Å²) in [6.07, 6.45) is 0. The van der Waals surface area contributed by atoms with Gasteiger partial charge in [-0.3, -0.25) is 14.5 Å². The van der Waals surface area contributed by atoms with Gasteiger partial charge in [-0.25, -0.2) is 4.39 Å². The smallest absolute Gasteiger partial charge is 0.300 e. The van der Waals surface area contributed by atoms with Crippen LogP contribution >= 0.6 is 0 Å². The zero-order valence-electron chi connectivity index (χ0n) is 18.8. The lowest BCUT2D eigenvalue weighted by atomic mass is 9.94. The molecule has 3 aromatic carbocycles. The molecule has 0 bridgehead atoms. The van der Waals surface area contributed by atoms with Crippen LogP contribution in [0.15, 0.2) is 66.2 Å². The van der Waals surface area contributed by atoms with Crippen LogP contribution in [0.4, 0.5) is 10.1 Å². The molecule has 1 fully saturated rings. The minimum absolute atomic E-state index is 0.0752. The van der Waals surface area contributed by atoms with Crippen LogP contribution in [-0.4, -0.2) is 23.9 Å². The van der Waals surface area contributed by atoms with Crippen LogP contribution in [0, 0.1) is 26.6 Å². The molecule has 1 amide bonds. The Kier molecular flexibility index (Phi) is 5.77. The Morgan fingerprint density at radius 3 is 2.27 bits per heavy atom. The fourth-order valence-electron chi connectivity index (χ4n) is 4.09. The van der Waals surface area contributed by atoms with E-state index in [1.54, 1.807) is 18.2 Å². The maximum absolute atomic E-state index is 13.7. The van der Waals surface area contributed by atoms with Crippen LogP contribution in [0.2, 0.25) is 0 Å². The van der Waals surface area contributed by atoms with Crippen molar-refractivity contribution in [1.82, 2.24) is 0 Å². The number of amides is 1. The van der Waals surface area contributed by atoms with Crippen molar-refractivity contribution >= 4 is 23.1 Å². The third-order valence-corrected chi connectivity index (χ3v) is 6.01. The van der Waals surface area contributed by atoms with Crippen LogP contribution in [0.25, 0.3) is 5.76 Å². The monoisotopic (exact) mass is 445 g/mol. The molecule has 3 aromatic rings. The highest BCUT2D eigenvalue weighted by Gasteiger charge is 2.47. The van der Waals surface area contributed by atoms with Gasteiger partial charge in [0.25, 0.3) is 11.7 Å². The maximum Gasteiger partial charge on any atom is 0.300 e. The number of halogens is 1. The number of aliphatic hydroxyl groups excluding tert-OH is 1. The summed E-state index contributed by atoms with van der Waals surface area (Å²) in [5.41, 5.74) is 4.09. The van der Waals surface area contributed by atoms with Gasteiger partial charge in [0.2, 0.25) is 0 Å². The van der Waals surface area contributed by atoms with Crippen LogP contribution in [-0.2, 0) is 9.59 Å². The number of aliphatic hydroxyl groups is 1. The van der Waals surface area contributed by atoms with Crippen molar-refractivity contribution in [2.75, 3.05) is 12.0 Å². The van der Waals surface area contributed by atoms with Crippen molar-refractivity contribution in [2.24, 2.45) is 0 Å². The third kappa shape index (κ3) is 3.89. The molecular formula is C27H24FNO4. The van der Waals surface area contributed by atoms with Gasteiger partial charge in [-0.2, -0.15) is 0 Å². The number of Topliss-reactive ketones (excluding diaryl/α,β-unsaturated/α-hetero) is 1. The highest BCUT2D eigenvalue weighted by Crippen LogP contribution is 2.43. The summed E-state index contributed by atoms with van der Waals surface area (Å²) in [7, 11) is 1.46. The second-order valence-electron chi connectivity index (χ2n) is 8.19. The van der Waals surface area contributed by atoms with E-state index in [0.717, 1.165) is 16.7 Å². The molecule has 1 aliphatic rings. The van der Waals surface area contributed by atoms with E-state index in [0.29, 0.717) is 22.6 Å². The number of anilines is 1. The topological polar surface area (TPSA) is 66.8 Å². The number of ether oxygens (including phenoxy) is 1. The zero-order chi connectivity index (χ0) is 23.9. The molecule has 4 rings (SSSR count). The Labute approximate surface area is 191 Å². The highest BCUT2D eigenvalue weighted by atomic mass is 19.1. The Morgan fingerprint density at radius 1 is 0.939 bits per heavy atom. The summed E-state index contributed by atoms with van der Waals surface area (Å²) < 4.78 is 19.1. The molecule has 1 N–H and O–H groups in total. The molecule has 0 aliphatic carbocycles. The normalized spacial score (nSPS) is 17.5.